The van der Waals surface area contributed by atoms with Gasteiger partial charge in [-0.3, -0.25) is 4.99 Å². The highest BCUT2D eigenvalue weighted by Crippen LogP contribution is 2.06. The lowest BCUT2D eigenvalue weighted by molar-refractivity contribution is -0.135. The van der Waals surface area contributed by atoms with Gasteiger partial charge < -0.3 is 4.74 Å². The van der Waals surface area contributed by atoms with Gasteiger partial charge in [-0.2, -0.15) is 0 Å². The van der Waals surface area contributed by atoms with Crippen LogP contribution in [0.1, 0.15) is 26.2 Å². The minimum absolute atomic E-state index is 0.229. The number of ether oxygens (including phenoxy) is 1. The van der Waals surface area contributed by atoms with E-state index in [1.54, 1.807) is 6.92 Å². The largest absolute Gasteiger partial charge is 0.462 e. The third-order valence-electron chi connectivity index (χ3n) is 1.64. The van der Waals surface area contributed by atoms with Crippen LogP contribution in [-0.4, -0.2) is 24.8 Å². The van der Waals surface area contributed by atoms with Crippen LogP contribution >= 0.6 is 0 Å². The molecular formula is C8H13NO2. The van der Waals surface area contributed by atoms with Gasteiger partial charge in [0.05, 0.1) is 6.61 Å². The van der Waals surface area contributed by atoms with Crippen LogP contribution in [0.2, 0.25) is 0 Å². The van der Waals surface area contributed by atoms with E-state index in [2.05, 4.69) is 4.99 Å². The molecule has 0 amide bonds. The number of carbonyl (C=O) groups is 1. The quantitative estimate of drug-likeness (QED) is 0.561. The Balaban J connectivity index is 2.44. The molecule has 1 heterocycles. The first-order valence-electron chi connectivity index (χ1n) is 4.05. The number of carbonyl (C=O) groups excluding carboxylic acids is 1. The first-order valence-corrected chi connectivity index (χ1v) is 4.05. The second kappa shape index (κ2) is 4.11. The summed E-state index contributed by atoms with van der Waals surface area (Å²) in [4.78, 5) is 15.1. The molecule has 0 aromatic heterocycles. The Kier molecular flexibility index (Phi) is 3.08. The van der Waals surface area contributed by atoms with Crippen molar-refractivity contribution in [3.63, 3.8) is 0 Å². The fourth-order valence-corrected chi connectivity index (χ4v) is 1.08. The first-order chi connectivity index (χ1) is 5.34. The third kappa shape index (κ3) is 2.33. The molecule has 3 nitrogen and oxygen atoms in total. The van der Waals surface area contributed by atoms with Gasteiger partial charge in [-0.25, -0.2) is 4.79 Å². The Hall–Kier alpha value is -0.860. The highest BCUT2D eigenvalue weighted by atomic mass is 16.5. The molecule has 1 aliphatic heterocycles. The van der Waals surface area contributed by atoms with E-state index in [9.17, 15) is 4.79 Å². The third-order valence-corrected chi connectivity index (χ3v) is 1.64. The summed E-state index contributed by atoms with van der Waals surface area (Å²) in [6.07, 6.45) is 2.96. The average molecular weight is 155 g/mol. The molecule has 0 spiro atoms. The van der Waals surface area contributed by atoms with E-state index in [-0.39, 0.29) is 5.97 Å². The summed E-state index contributed by atoms with van der Waals surface area (Å²) in [5, 5.41) is 0. The van der Waals surface area contributed by atoms with Crippen LogP contribution in [0.3, 0.4) is 0 Å². The number of esters is 1. The lowest BCUT2D eigenvalue weighted by Gasteiger charge is -2.09. The van der Waals surface area contributed by atoms with Crippen LogP contribution in [0.4, 0.5) is 0 Å². The minimum atomic E-state index is -0.229. The van der Waals surface area contributed by atoms with Crippen LogP contribution in [0, 0.1) is 0 Å². The molecule has 0 fully saturated rings. The predicted molar refractivity (Wildman–Crippen MR) is 42.8 cm³/mol. The van der Waals surface area contributed by atoms with Gasteiger partial charge in [-0.1, -0.05) is 0 Å². The zero-order valence-electron chi connectivity index (χ0n) is 6.80. The standard InChI is InChI=1S/C8H13NO2/c1-2-11-8(10)7-5-3-4-6-9-7/h2-6H2,1H3. The fraction of sp³-hybridized carbons (Fsp3) is 0.750. The van der Waals surface area contributed by atoms with Gasteiger partial charge in [0, 0.05) is 6.54 Å². The van der Waals surface area contributed by atoms with E-state index < -0.39 is 0 Å². The normalized spacial score (nSPS) is 17.4. The number of hydrogen-bond acceptors (Lipinski definition) is 3. The van der Waals surface area contributed by atoms with Gasteiger partial charge in [0.1, 0.15) is 5.71 Å². The molecule has 0 saturated heterocycles. The van der Waals surface area contributed by atoms with Crippen molar-refractivity contribution in [3.8, 4) is 0 Å². The molecule has 0 radical (unpaired) electrons. The smallest absolute Gasteiger partial charge is 0.352 e. The summed E-state index contributed by atoms with van der Waals surface area (Å²) in [6.45, 7) is 3.04. The predicted octanol–water partition coefficient (Wildman–Crippen LogP) is 1.17. The van der Waals surface area contributed by atoms with Crippen molar-refractivity contribution in [2.75, 3.05) is 13.2 Å². The van der Waals surface area contributed by atoms with Gasteiger partial charge in [0.2, 0.25) is 0 Å². The van der Waals surface area contributed by atoms with E-state index in [4.69, 9.17) is 4.74 Å². The van der Waals surface area contributed by atoms with Crippen LogP contribution in [0.5, 0.6) is 0 Å². The Bertz CT molecular complexity index is 175. The van der Waals surface area contributed by atoms with Crippen molar-refractivity contribution in [2.45, 2.75) is 26.2 Å². The number of aliphatic imine (C=N–C) groups is 1. The molecule has 11 heavy (non-hydrogen) atoms. The topological polar surface area (TPSA) is 38.7 Å². The van der Waals surface area contributed by atoms with E-state index >= 15 is 0 Å². The molecule has 0 aliphatic carbocycles. The van der Waals surface area contributed by atoms with Crippen LogP contribution < -0.4 is 0 Å². The molecule has 0 aromatic rings. The molecule has 1 rings (SSSR count). The molecule has 0 aromatic carbocycles. The lowest BCUT2D eigenvalue weighted by Crippen LogP contribution is -2.20. The molecule has 0 atom stereocenters. The van der Waals surface area contributed by atoms with Crippen LogP contribution in [0.15, 0.2) is 4.99 Å². The zero-order valence-corrected chi connectivity index (χ0v) is 6.80. The summed E-state index contributed by atoms with van der Waals surface area (Å²) in [5.74, 6) is -0.229. The molecule has 62 valence electrons. The molecule has 0 bridgehead atoms. The van der Waals surface area contributed by atoms with Gasteiger partial charge in [0.15, 0.2) is 0 Å². The van der Waals surface area contributed by atoms with E-state index in [1.165, 1.54) is 0 Å². The van der Waals surface area contributed by atoms with Crippen molar-refractivity contribution < 1.29 is 9.53 Å². The average Bonchev–Trinajstić information content (AvgIpc) is 2.07. The van der Waals surface area contributed by atoms with Crippen molar-refractivity contribution in [1.82, 2.24) is 0 Å². The summed E-state index contributed by atoms with van der Waals surface area (Å²) in [5.41, 5.74) is 0.623. The lowest BCUT2D eigenvalue weighted by atomic mass is 10.1. The summed E-state index contributed by atoms with van der Waals surface area (Å²) in [7, 11) is 0. The molecule has 0 saturated carbocycles. The van der Waals surface area contributed by atoms with Crippen LogP contribution in [0.25, 0.3) is 0 Å². The number of hydrogen-bond donors (Lipinski definition) is 0. The Labute approximate surface area is 66.5 Å². The van der Waals surface area contributed by atoms with E-state index in [0.29, 0.717) is 12.3 Å². The first kappa shape index (κ1) is 8.24. The Morgan fingerprint density at radius 2 is 2.45 bits per heavy atom. The Morgan fingerprint density at radius 1 is 1.64 bits per heavy atom. The second-order valence-corrected chi connectivity index (χ2v) is 2.51. The highest BCUT2D eigenvalue weighted by molar-refractivity contribution is 6.36. The SMILES string of the molecule is CCOC(=O)C1=NCCCC1. The second-order valence-electron chi connectivity index (χ2n) is 2.51. The maximum atomic E-state index is 11.0. The van der Waals surface area contributed by atoms with Gasteiger partial charge in [-0.05, 0) is 26.2 Å². The summed E-state index contributed by atoms with van der Waals surface area (Å²) < 4.78 is 4.81. The molecule has 3 heteroatoms. The molecule has 0 unspecified atom stereocenters. The maximum Gasteiger partial charge on any atom is 0.352 e. The van der Waals surface area contributed by atoms with Crippen molar-refractivity contribution in [2.24, 2.45) is 4.99 Å². The fourth-order valence-electron chi connectivity index (χ4n) is 1.08. The Morgan fingerprint density at radius 3 is 3.00 bits per heavy atom. The van der Waals surface area contributed by atoms with Crippen molar-refractivity contribution >= 4 is 11.7 Å². The van der Waals surface area contributed by atoms with Crippen molar-refractivity contribution in [1.29, 1.82) is 0 Å². The van der Waals surface area contributed by atoms with Crippen molar-refractivity contribution in [3.05, 3.63) is 0 Å². The maximum absolute atomic E-state index is 11.0. The molecule has 1 aliphatic rings. The summed E-state index contributed by atoms with van der Waals surface area (Å²) in [6, 6.07) is 0. The molecular weight excluding hydrogens is 142 g/mol. The van der Waals surface area contributed by atoms with E-state index in [1.807, 2.05) is 0 Å². The zero-order chi connectivity index (χ0) is 8.10. The number of rotatable bonds is 2. The monoisotopic (exact) mass is 155 g/mol. The van der Waals surface area contributed by atoms with Gasteiger partial charge >= 0.3 is 5.97 Å². The van der Waals surface area contributed by atoms with Gasteiger partial charge in [0.25, 0.3) is 0 Å². The summed E-state index contributed by atoms with van der Waals surface area (Å²) >= 11 is 0. The van der Waals surface area contributed by atoms with Gasteiger partial charge in [-0.15, -0.1) is 0 Å². The van der Waals surface area contributed by atoms with E-state index in [0.717, 1.165) is 25.8 Å². The van der Waals surface area contributed by atoms with Crippen LogP contribution in [-0.2, 0) is 9.53 Å². The highest BCUT2D eigenvalue weighted by Gasteiger charge is 2.14. The number of nitrogens with zero attached hydrogens (tertiary/aromatic N) is 1. The minimum Gasteiger partial charge on any atom is -0.462 e. The molecule has 0 N–H and O–H groups in total.